The summed E-state index contributed by atoms with van der Waals surface area (Å²) in [6, 6.07) is 9.91. The molecule has 0 aliphatic carbocycles. The molecule has 0 saturated heterocycles. The minimum atomic E-state index is -0.819. The number of nitrogens with one attached hydrogen (secondary N) is 2. The van der Waals surface area contributed by atoms with Gasteiger partial charge in [0.25, 0.3) is 0 Å². The number of halogens is 2. The van der Waals surface area contributed by atoms with Crippen LogP contribution in [0.25, 0.3) is 0 Å². The Hall–Kier alpha value is -2.93. The summed E-state index contributed by atoms with van der Waals surface area (Å²) in [6.45, 7) is 3.13. The lowest BCUT2D eigenvalue weighted by Gasteiger charge is -2.18. The van der Waals surface area contributed by atoms with Crippen LogP contribution in [0.4, 0.5) is 8.78 Å². The maximum Gasteiger partial charge on any atom is 0.243 e. The first-order valence-electron chi connectivity index (χ1n) is 8.40. The van der Waals surface area contributed by atoms with Gasteiger partial charge in [-0.3, -0.25) is 25.0 Å². The fraction of sp³-hybridized carbons (Fsp3) is 0.250. The van der Waals surface area contributed by atoms with Crippen molar-refractivity contribution in [1.82, 2.24) is 10.6 Å². The number of Topliss-reactive ketones (excluding diaryl/α,β-unsaturated/α-hetero) is 1. The molecule has 0 aromatic heterocycles. The summed E-state index contributed by atoms with van der Waals surface area (Å²) in [4.78, 5) is 36.3. The quantitative estimate of drug-likeness (QED) is 0.730. The van der Waals surface area contributed by atoms with Crippen molar-refractivity contribution in [3.8, 4) is 0 Å². The normalized spacial score (nSPS) is 12.9. The number of ketones is 1. The largest absolute Gasteiger partial charge is 0.296 e. The van der Waals surface area contributed by atoms with Gasteiger partial charge in [0.2, 0.25) is 11.8 Å². The molecule has 2 amide bonds. The lowest BCUT2D eigenvalue weighted by atomic mass is 10.0. The zero-order chi connectivity index (χ0) is 20.0. The highest BCUT2D eigenvalue weighted by Crippen LogP contribution is 2.09. The minimum Gasteiger partial charge on any atom is -0.296 e. The fourth-order valence-corrected chi connectivity index (χ4v) is 2.57. The Balaban J connectivity index is 1.89. The van der Waals surface area contributed by atoms with Crippen molar-refractivity contribution < 1.29 is 23.2 Å². The molecule has 27 heavy (non-hydrogen) atoms. The minimum absolute atomic E-state index is 0.117. The zero-order valence-electron chi connectivity index (χ0n) is 15.0. The second kappa shape index (κ2) is 9.14. The van der Waals surface area contributed by atoms with Gasteiger partial charge in [0.1, 0.15) is 11.6 Å². The highest BCUT2D eigenvalue weighted by molar-refractivity contribution is 6.01. The van der Waals surface area contributed by atoms with Crippen molar-refractivity contribution in [3.63, 3.8) is 0 Å². The molecule has 2 atom stereocenters. The van der Waals surface area contributed by atoms with Crippen molar-refractivity contribution in [2.24, 2.45) is 0 Å². The van der Waals surface area contributed by atoms with Crippen molar-refractivity contribution in [3.05, 3.63) is 71.3 Å². The van der Waals surface area contributed by atoms with Crippen LogP contribution in [-0.4, -0.2) is 29.7 Å². The first-order valence-corrected chi connectivity index (χ1v) is 8.40. The molecule has 0 aliphatic rings. The van der Waals surface area contributed by atoms with Gasteiger partial charge in [-0.2, -0.15) is 0 Å². The van der Waals surface area contributed by atoms with Gasteiger partial charge in [-0.05, 0) is 31.5 Å². The van der Waals surface area contributed by atoms with Gasteiger partial charge in [0.15, 0.2) is 5.78 Å². The first-order chi connectivity index (χ1) is 12.8. The summed E-state index contributed by atoms with van der Waals surface area (Å²) in [5, 5.41) is 4.99. The summed E-state index contributed by atoms with van der Waals surface area (Å²) in [5.74, 6) is -3.11. The average Bonchev–Trinajstić information content (AvgIpc) is 2.60. The number of imide groups is 1. The molecule has 0 spiro atoms. The first kappa shape index (κ1) is 20.4. The van der Waals surface area contributed by atoms with Gasteiger partial charge in [-0.1, -0.05) is 30.3 Å². The van der Waals surface area contributed by atoms with E-state index in [1.807, 2.05) is 0 Å². The van der Waals surface area contributed by atoms with Crippen molar-refractivity contribution in [2.45, 2.75) is 32.4 Å². The Kier molecular flexibility index (Phi) is 6.90. The SMILES string of the molecule is C[C@H](N[C@@H](C)C(=O)c1ccccc1)C(=O)NC(=O)Cc1cc(F)cc(F)c1. The molecular weight excluding hydrogens is 354 g/mol. The Morgan fingerprint density at radius 1 is 0.926 bits per heavy atom. The van der Waals surface area contributed by atoms with E-state index < -0.39 is 35.5 Å². The number of rotatable bonds is 7. The van der Waals surface area contributed by atoms with Gasteiger partial charge in [0, 0.05) is 11.6 Å². The summed E-state index contributed by atoms with van der Waals surface area (Å²) in [7, 11) is 0. The van der Waals surface area contributed by atoms with E-state index in [1.54, 1.807) is 37.3 Å². The van der Waals surface area contributed by atoms with Crippen LogP contribution in [0, 0.1) is 11.6 Å². The second-order valence-corrected chi connectivity index (χ2v) is 6.21. The summed E-state index contributed by atoms with van der Waals surface area (Å²) in [6.07, 6.45) is -0.342. The monoisotopic (exact) mass is 374 g/mol. The molecular formula is C20H20F2N2O3. The van der Waals surface area contributed by atoms with Gasteiger partial charge in [-0.25, -0.2) is 8.78 Å². The molecule has 7 heteroatoms. The number of hydrogen-bond acceptors (Lipinski definition) is 4. The molecule has 0 saturated carbocycles. The van der Waals surface area contributed by atoms with Crippen LogP contribution in [0.5, 0.6) is 0 Å². The summed E-state index contributed by atoms with van der Waals surface area (Å²) < 4.78 is 26.3. The van der Waals surface area contributed by atoms with E-state index in [-0.39, 0.29) is 17.8 Å². The second-order valence-electron chi connectivity index (χ2n) is 6.21. The van der Waals surface area contributed by atoms with Crippen molar-refractivity contribution in [1.29, 1.82) is 0 Å². The van der Waals surface area contributed by atoms with Crippen LogP contribution < -0.4 is 10.6 Å². The van der Waals surface area contributed by atoms with Crippen LogP contribution in [0.1, 0.15) is 29.8 Å². The van der Waals surface area contributed by atoms with Crippen LogP contribution in [0.3, 0.4) is 0 Å². The molecule has 0 bridgehead atoms. The third-order valence-electron chi connectivity index (χ3n) is 3.89. The number of hydrogen-bond donors (Lipinski definition) is 2. The highest BCUT2D eigenvalue weighted by atomic mass is 19.1. The Morgan fingerprint density at radius 3 is 2.11 bits per heavy atom. The smallest absolute Gasteiger partial charge is 0.243 e. The fourth-order valence-electron chi connectivity index (χ4n) is 2.57. The Morgan fingerprint density at radius 2 is 1.52 bits per heavy atom. The van der Waals surface area contributed by atoms with E-state index >= 15 is 0 Å². The Labute approximate surface area is 155 Å². The number of benzene rings is 2. The van der Waals surface area contributed by atoms with Crippen LogP contribution in [0.15, 0.2) is 48.5 Å². The number of amides is 2. The topological polar surface area (TPSA) is 75.3 Å². The predicted molar refractivity (Wildman–Crippen MR) is 96.0 cm³/mol. The van der Waals surface area contributed by atoms with E-state index in [2.05, 4.69) is 10.6 Å². The zero-order valence-corrected chi connectivity index (χ0v) is 15.0. The summed E-state index contributed by atoms with van der Waals surface area (Å²) in [5.41, 5.74) is 0.625. The third kappa shape index (κ3) is 6.07. The van der Waals surface area contributed by atoms with Crippen molar-refractivity contribution >= 4 is 17.6 Å². The molecule has 2 rings (SSSR count). The highest BCUT2D eigenvalue weighted by Gasteiger charge is 2.22. The van der Waals surface area contributed by atoms with E-state index in [0.717, 1.165) is 12.1 Å². The number of carbonyl (C=O) groups is 3. The molecule has 2 aromatic rings. The average molecular weight is 374 g/mol. The molecule has 2 N–H and O–H groups in total. The molecule has 0 unspecified atom stereocenters. The van der Waals surface area contributed by atoms with E-state index in [1.165, 1.54) is 6.92 Å². The van der Waals surface area contributed by atoms with Crippen LogP contribution >= 0.6 is 0 Å². The molecule has 0 fully saturated rings. The van der Waals surface area contributed by atoms with E-state index in [4.69, 9.17) is 0 Å². The molecule has 0 radical (unpaired) electrons. The summed E-state index contributed by atoms with van der Waals surface area (Å²) >= 11 is 0. The predicted octanol–water partition coefficient (Wildman–Crippen LogP) is 2.40. The standard InChI is InChI=1S/C20H20F2N2O3/c1-12(19(26)15-6-4-3-5-7-15)23-13(2)20(27)24-18(25)10-14-8-16(21)11-17(22)9-14/h3-9,11-13,23H,10H2,1-2H3,(H,24,25,27)/t12-,13-/m0/s1. The van der Waals surface area contributed by atoms with Gasteiger partial charge in [0.05, 0.1) is 18.5 Å². The van der Waals surface area contributed by atoms with Gasteiger partial charge >= 0.3 is 0 Å². The van der Waals surface area contributed by atoms with Crippen LogP contribution in [-0.2, 0) is 16.0 Å². The van der Waals surface area contributed by atoms with E-state index in [0.29, 0.717) is 11.6 Å². The molecule has 142 valence electrons. The Bertz CT molecular complexity index is 820. The maximum atomic E-state index is 13.1. The van der Waals surface area contributed by atoms with Crippen LogP contribution in [0.2, 0.25) is 0 Å². The number of carbonyl (C=O) groups excluding carboxylic acids is 3. The third-order valence-corrected chi connectivity index (χ3v) is 3.89. The van der Waals surface area contributed by atoms with Gasteiger partial charge in [-0.15, -0.1) is 0 Å². The lowest BCUT2D eigenvalue weighted by molar-refractivity contribution is -0.131. The van der Waals surface area contributed by atoms with E-state index in [9.17, 15) is 23.2 Å². The molecule has 5 nitrogen and oxygen atoms in total. The lowest BCUT2D eigenvalue weighted by Crippen LogP contribution is -2.49. The maximum absolute atomic E-state index is 13.1. The molecule has 0 heterocycles. The molecule has 2 aromatic carbocycles. The van der Waals surface area contributed by atoms with Gasteiger partial charge < -0.3 is 0 Å². The van der Waals surface area contributed by atoms with Crippen molar-refractivity contribution in [2.75, 3.05) is 0 Å². The molecule has 0 aliphatic heterocycles.